The monoisotopic (exact) mass is 1080 g/mol. The van der Waals surface area contributed by atoms with Gasteiger partial charge in [-0.25, -0.2) is 0 Å². The van der Waals surface area contributed by atoms with Gasteiger partial charge in [-0.3, -0.25) is 14.5 Å². The lowest BCUT2D eigenvalue weighted by atomic mass is 9.94. The van der Waals surface area contributed by atoms with Crippen LogP contribution >= 0.6 is 45.3 Å². The molecule has 0 saturated heterocycles. The van der Waals surface area contributed by atoms with Gasteiger partial charge in [-0.1, -0.05) is 182 Å². The highest BCUT2D eigenvalue weighted by Gasteiger charge is 2.37. The summed E-state index contributed by atoms with van der Waals surface area (Å²) in [4.78, 5) is 32.6. The number of carbonyl (C=O) groups excluding carboxylic acids is 2. The van der Waals surface area contributed by atoms with Crippen molar-refractivity contribution in [3.05, 3.63) is 70.4 Å². The van der Waals surface area contributed by atoms with E-state index in [1.54, 1.807) is 16.2 Å². The number of thiophene rings is 4. The maximum Gasteiger partial charge on any atom is 0.261 e. The van der Waals surface area contributed by atoms with Gasteiger partial charge >= 0.3 is 0 Å². The number of hydrogen-bond acceptors (Lipinski definition) is 8. The molecule has 1 atom stereocenters. The van der Waals surface area contributed by atoms with E-state index in [1.807, 2.05) is 34.0 Å². The predicted molar refractivity (Wildman–Crippen MR) is 330 cm³/mol. The Bertz CT molecular complexity index is 3130. The Hall–Kier alpha value is -4.02. The Morgan fingerprint density at radius 1 is 0.400 bits per heavy atom. The van der Waals surface area contributed by atoms with Gasteiger partial charge in [-0.05, 0) is 90.9 Å². The number of rotatable bonds is 35. The molecule has 2 amide bonds. The Balaban J connectivity index is 0.993. The van der Waals surface area contributed by atoms with Gasteiger partial charge in [0.05, 0.1) is 24.3 Å². The number of carbonyl (C=O) groups is 2. The molecule has 1 aliphatic rings. The smallest absolute Gasteiger partial charge is 0.261 e. The largest absolute Gasteiger partial charge is 0.490 e. The van der Waals surface area contributed by atoms with Crippen LogP contribution in [0.4, 0.5) is 0 Å². The Morgan fingerprint density at radius 3 is 1.21 bits per heavy atom. The molecule has 0 radical (unpaired) electrons. The van der Waals surface area contributed by atoms with E-state index in [9.17, 15) is 9.59 Å². The maximum absolute atomic E-state index is 14.3. The van der Waals surface area contributed by atoms with E-state index in [4.69, 9.17) is 9.47 Å². The lowest BCUT2D eigenvalue weighted by molar-refractivity contribution is 0.0622. The molecule has 0 bridgehead atoms. The highest BCUT2D eigenvalue weighted by molar-refractivity contribution is 7.30. The van der Waals surface area contributed by atoms with Crippen LogP contribution in [0.25, 0.3) is 71.6 Å². The fourth-order valence-electron chi connectivity index (χ4n) is 11.8. The molecule has 4 aromatic heterocycles. The summed E-state index contributed by atoms with van der Waals surface area (Å²) in [7, 11) is 0. The van der Waals surface area contributed by atoms with Crippen LogP contribution in [-0.4, -0.2) is 36.5 Å². The number of benzene rings is 4. The van der Waals surface area contributed by atoms with Crippen LogP contribution < -0.4 is 9.47 Å². The van der Waals surface area contributed by atoms with Gasteiger partial charge in [0.15, 0.2) is 11.5 Å². The van der Waals surface area contributed by atoms with E-state index in [2.05, 4.69) is 87.0 Å². The minimum Gasteiger partial charge on any atom is -0.490 e. The summed E-state index contributed by atoms with van der Waals surface area (Å²) in [6.45, 7) is 11.0. The first-order valence-electron chi connectivity index (χ1n) is 29.9. The van der Waals surface area contributed by atoms with Gasteiger partial charge in [0.25, 0.3) is 11.8 Å². The zero-order valence-electron chi connectivity index (χ0n) is 46.0. The molecule has 1 unspecified atom stereocenters. The van der Waals surface area contributed by atoms with Crippen molar-refractivity contribution in [2.24, 2.45) is 5.92 Å². The summed E-state index contributed by atoms with van der Waals surface area (Å²) in [6, 6.07) is 18.0. The van der Waals surface area contributed by atoms with E-state index in [0.717, 1.165) is 67.2 Å². The summed E-state index contributed by atoms with van der Waals surface area (Å²) in [5, 5.41) is 14.0. The number of amides is 2. The third-order valence-corrected chi connectivity index (χ3v) is 20.6. The Labute approximate surface area is 464 Å². The van der Waals surface area contributed by atoms with Gasteiger partial charge < -0.3 is 9.47 Å². The summed E-state index contributed by atoms with van der Waals surface area (Å²) in [5.41, 5.74) is 1.13. The number of fused-ring (bicyclic) bond motifs is 13. The second-order valence-corrected chi connectivity index (χ2v) is 25.9. The maximum atomic E-state index is 14.3. The molecular weight excluding hydrogens is 999 g/mol. The molecule has 0 N–H and O–H groups in total. The molecule has 1 aliphatic heterocycles. The standard InChI is InChI=1S/C66H85NO4S4/c1-5-9-13-16-18-20-22-24-26-29-35-70-57-41-51-52(42-58(57)71-36-30-27-25-23-21-19-17-14-10-6-2)64-54(48-34-38-73-62(48)51)44-60(75-64)59-43-53-47-33-37-72-61(47)49-39-55-56(40-50(49)63(53)74-59)66(69)67(65(55)68)45-46(31-12-8-4)32-28-15-11-7-3/h33-34,37-44,46H,5-32,35-36,45H2,1-4H3. The third-order valence-electron chi connectivity index (χ3n) is 16.2. The highest BCUT2D eigenvalue weighted by Crippen LogP contribution is 2.51. The number of ether oxygens (including phenoxy) is 2. The summed E-state index contributed by atoms with van der Waals surface area (Å²) in [5.74, 6) is 1.83. The van der Waals surface area contributed by atoms with Crippen molar-refractivity contribution in [1.82, 2.24) is 4.90 Å². The first kappa shape index (κ1) is 55.7. The molecule has 0 saturated carbocycles. The van der Waals surface area contributed by atoms with Crippen LogP contribution in [0.3, 0.4) is 0 Å². The molecule has 9 rings (SSSR count). The van der Waals surface area contributed by atoms with E-state index in [0.29, 0.717) is 36.8 Å². The van der Waals surface area contributed by atoms with Gasteiger partial charge in [0.1, 0.15) is 0 Å². The Kier molecular flexibility index (Phi) is 20.8. The topological polar surface area (TPSA) is 55.8 Å². The summed E-state index contributed by atoms with van der Waals surface area (Å²) in [6.07, 6.45) is 35.2. The van der Waals surface area contributed by atoms with Gasteiger partial charge in [0, 0.05) is 78.2 Å². The van der Waals surface area contributed by atoms with Crippen molar-refractivity contribution in [1.29, 1.82) is 0 Å². The molecule has 402 valence electrons. The molecule has 8 aromatic rings. The summed E-state index contributed by atoms with van der Waals surface area (Å²) < 4.78 is 18.4. The van der Waals surface area contributed by atoms with Crippen molar-refractivity contribution in [3.63, 3.8) is 0 Å². The summed E-state index contributed by atoms with van der Waals surface area (Å²) >= 11 is 7.25. The minimum absolute atomic E-state index is 0.124. The number of unbranched alkanes of at least 4 members (excludes halogenated alkanes) is 22. The van der Waals surface area contributed by atoms with E-state index >= 15 is 0 Å². The van der Waals surface area contributed by atoms with Gasteiger partial charge in [0.2, 0.25) is 0 Å². The second kappa shape index (κ2) is 28.0. The van der Waals surface area contributed by atoms with Crippen LogP contribution in [0.2, 0.25) is 0 Å². The van der Waals surface area contributed by atoms with Crippen LogP contribution in [0.1, 0.15) is 228 Å². The molecule has 0 spiro atoms. The fourth-order valence-corrected chi connectivity index (χ4v) is 16.2. The molecule has 5 heterocycles. The van der Waals surface area contributed by atoms with Crippen molar-refractivity contribution in [2.75, 3.05) is 19.8 Å². The lowest BCUT2D eigenvalue weighted by Gasteiger charge is -2.22. The predicted octanol–water partition coefficient (Wildman–Crippen LogP) is 22.5. The van der Waals surface area contributed by atoms with E-state index < -0.39 is 0 Å². The quantitative estimate of drug-likeness (QED) is 0.0293. The molecule has 4 aromatic carbocycles. The molecule has 75 heavy (non-hydrogen) atoms. The van der Waals surface area contributed by atoms with Crippen LogP contribution in [-0.2, 0) is 0 Å². The minimum atomic E-state index is -0.126. The molecule has 0 fully saturated rings. The first-order valence-corrected chi connectivity index (χ1v) is 33.3. The van der Waals surface area contributed by atoms with E-state index in [1.165, 1.54) is 196 Å². The lowest BCUT2D eigenvalue weighted by Crippen LogP contribution is -2.34. The molecule has 0 aliphatic carbocycles. The first-order chi connectivity index (χ1) is 36.9. The molecule has 9 heteroatoms. The number of nitrogens with zero attached hydrogens (tertiary/aromatic N) is 1. The van der Waals surface area contributed by atoms with Crippen LogP contribution in [0.15, 0.2) is 59.3 Å². The van der Waals surface area contributed by atoms with Crippen LogP contribution in [0.5, 0.6) is 11.5 Å². The third kappa shape index (κ3) is 13.3. The second-order valence-electron chi connectivity index (χ2n) is 22.0. The SMILES string of the molecule is CCCCCCCCCCCCOc1cc2c(cc1OCCCCCCCCCCCC)c1sc(-c3cc4c5ccsc5c5cc6c(cc5c4s3)C(=O)N(CC(CCCC)CCCCCC)C6=O)cc1c1ccsc12. The van der Waals surface area contributed by atoms with Crippen molar-refractivity contribution in [2.45, 2.75) is 207 Å². The zero-order valence-corrected chi connectivity index (χ0v) is 49.3. The normalized spacial score (nSPS) is 13.4. The fraction of sp³-hybridized carbons (Fsp3) is 0.545. The zero-order chi connectivity index (χ0) is 51.9. The highest BCUT2D eigenvalue weighted by atomic mass is 32.1. The molecular formula is C66H85NO4S4. The molecule has 5 nitrogen and oxygen atoms in total. The van der Waals surface area contributed by atoms with E-state index in [-0.39, 0.29) is 11.8 Å². The van der Waals surface area contributed by atoms with Gasteiger partial charge in [-0.2, -0.15) is 0 Å². The van der Waals surface area contributed by atoms with Crippen molar-refractivity contribution >= 4 is 119 Å². The van der Waals surface area contributed by atoms with Crippen molar-refractivity contribution in [3.8, 4) is 21.3 Å². The average Bonchev–Trinajstić information content (AvgIpc) is 4.29. The van der Waals surface area contributed by atoms with Crippen molar-refractivity contribution < 1.29 is 19.1 Å². The number of hydrogen-bond donors (Lipinski definition) is 0. The average molecular weight is 1080 g/mol. The van der Waals surface area contributed by atoms with Gasteiger partial charge in [-0.15, -0.1) is 45.3 Å². The number of imide groups is 1. The Morgan fingerprint density at radius 2 is 0.760 bits per heavy atom. The van der Waals surface area contributed by atoms with Crippen LogP contribution in [0, 0.1) is 5.92 Å².